The predicted molar refractivity (Wildman–Crippen MR) is 68.4 cm³/mol. The highest BCUT2D eigenvalue weighted by Crippen LogP contribution is 2.51. The summed E-state index contributed by atoms with van der Waals surface area (Å²) in [6.07, 6.45) is 2.07. The molecule has 1 unspecified atom stereocenters. The topological polar surface area (TPSA) is 55.5 Å². The largest absolute Gasteiger partial charge is 0.504 e. The molecule has 0 aromatic heterocycles. The second-order valence-corrected chi connectivity index (χ2v) is 5.35. The zero-order chi connectivity index (χ0) is 12.6. The SMILES string of the molecule is COc1cccc(C(C(C)C)C2(N)CC2)c1O. The first-order valence-electron chi connectivity index (χ1n) is 6.14. The number of ether oxygens (including phenoxy) is 1. The minimum Gasteiger partial charge on any atom is -0.504 e. The van der Waals surface area contributed by atoms with Crippen LogP contribution in [0.3, 0.4) is 0 Å². The van der Waals surface area contributed by atoms with Gasteiger partial charge in [0.25, 0.3) is 0 Å². The maximum atomic E-state index is 10.2. The Kier molecular flexibility index (Phi) is 3.04. The van der Waals surface area contributed by atoms with Gasteiger partial charge < -0.3 is 15.6 Å². The van der Waals surface area contributed by atoms with Crippen molar-refractivity contribution in [3.05, 3.63) is 23.8 Å². The summed E-state index contributed by atoms with van der Waals surface area (Å²) >= 11 is 0. The summed E-state index contributed by atoms with van der Waals surface area (Å²) in [5.41, 5.74) is 7.11. The molecule has 1 aromatic carbocycles. The van der Waals surface area contributed by atoms with E-state index < -0.39 is 0 Å². The molecular formula is C14H21NO2. The molecule has 0 spiro atoms. The molecule has 3 N–H and O–H groups in total. The minimum absolute atomic E-state index is 0.141. The number of benzene rings is 1. The van der Waals surface area contributed by atoms with Crippen molar-refractivity contribution in [2.45, 2.75) is 38.1 Å². The van der Waals surface area contributed by atoms with Crippen LogP contribution in [-0.2, 0) is 0 Å². The van der Waals surface area contributed by atoms with E-state index in [0.717, 1.165) is 18.4 Å². The molecule has 0 bridgehead atoms. The number of phenols is 1. The van der Waals surface area contributed by atoms with Crippen LogP contribution in [-0.4, -0.2) is 17.8 Å². The van der Waals surface area contributed by atoms with E-state index >= 15 is 0 Å². The van der Waals surface area contributed by atoms with Gasteiger partial charge in [-0.05, 0) is 24.8 Å². The molecule has 0 amide bonds. The summed E-state index contributed by atoms with van der Waals surface area (Å²) in [4.78, 5) is 0. The summed E-state index contributed by atoms with van der Waals surface area (Å²) in [5.74, 6) is 1.36. The molecule has 1 aromatic rings. The normalized spacial score (nSPS) is 19.1. The van der Waals surface area contributed by atoms with Crippen molar-refractivity contribution in [3.63, 3.8) is 0 Å². The first-order valence-corrected chi connectivity index (χ1v) is 6.14. The molecule has 3 heteroatoms. The van der Waals surface area contributed by atoms with Crippen molar-refractivity contribution >= 4 is 0 Å². The number of phenolic OH excluding ortho intramolecular Hbond substituents is 1. The Morgan fingerprint density at radius 2 is 2.00 bits per heavy atom. The lowest BCUT2D eigenvalue weighted by atomic mass is 9.80. The maximum absolute atomic E-state index is 10.2. The van der Waals surface area contributed by atoms with Crippen LogP contribution < -0.4 is 10.5 Å². The van der Waals surface area contributed by atoms with Gasteiger partial charge in [-0.25, -0.2) is 0 Å². The number of para-hydroxylation sites is 1. The second kappa shape index (κ2) is 4.22. The summed E-state index contributed by atoms with van der Waals surface area (Å²) in [6, 6.07) is 5.64. The fraction of sp³-hybridized carbons (Fsp3) is 0.571. The zero-order valence-corrected chi connectivity index (χ0v) is 10.7. The fourth-order valence-corrected chi connectivity index (χ4v) is 2.74. The lowest BCUT2D eigenvalue weighted by Gasteiger charge is -2.28. The zero-order valence-electron chi connectivity index (χ0n) is 10.7. The van der Waals surface area contributed by atoms with Crippen molar-refractivity contribution in [1.82, 2.24) is 0 Å². The molecular weight excluding hydrogens is 214 g/mol. The Balaban J connectivity index is 2.43. The van der Waals surface area contributed by atoms with Gasteiger partial charge in [0.05, 0.1) is 7.11 Å². The van der Waals surface area contributed by atoms with Crippen LogP contribution in [0.4, 0.5) is 0 Å². The van der Waals surface area contributed by atoms with Crippen molar-refractivity contribution in [2.75, 3.05) is 7.11 Å². The van der Waals surface area contributed by atoms with Crippen molar-refractivity contribution in [1.29, 1.82) is 0 Å². The first-order chi connectivity index (χ1) is 7.99. The van der Waals surface area contributed by atoms with Crippen LogP contribution in [0.15, 0.2) is 18.2 Å². The third-order valence-electron chi connectivity index (χ3n) is 3.70. The maximum Gasteiger partial charge on any atom is 0.161 e. The van der Waals surface area contributed by atoms with Gasteiger partial charge in [0, 0.05) is 17.0 Å². The minimum atomic E-state index is -0.141. The third-order valence-corrected chi connectivity index (χ3v) is 3.70. The summed E-state index contributed by atoms with van der Waals surface area (Å²) in [6.45, 7) is 4.30. The Hall–Kier alpha value is -1.22. The van der Waals surface area contributed by atoms with Gasteiger partial charge in [-0.2, -0.15) is 0 Å². The number of hydrogen-bond acceptors (Lipinski definition) is 3. The highest BCUT2D eigenvalue weighted by Gasteiger charge is 2.48. The summed E-state index contributed by atoms with van der Waals surface area (Å²) in [7, 11) is 1.57. The number of aromatic hydroxyl groups is 1. The van der Waals surface area contributed by atoms with E-state index in [9.17, 15) is 5.11 Å². The van der Waals surface area contributed by atoms with Crippen molar-refractivity contribution in [3.8, 4) is 11.5 Å². The molecule has 1 atom stereocenters. The molecule has 0 aliphatic heterocycles. The van der Waals surface area contributed by atoms with E-state index in [2.05, 4.69) is 13.8 Å². The number of hydrogen-bond donors (Lipinski definition) is 2. The lowest BCUT2D eigenvalue weighted by Crippen LogP contribution is -2.33. The van der Waals surface area contributed by atoms with Gasteiger partial charge in [-0.1, -0.05) is 26.0 Å². The smallest absolute Gasteiger partial charge is 0.161 e. The van der Waals surface area contributed by atoms with Crippen molar-refractivity contribution < 1.29 is 9.84 Å². The van der Waals surface area contributed by atoms with Crippen LogP contribution in [0, 0.1) is 5.92 Å². The quantitative estimate of drug-likeness (QED) is 0.843. The lowest BCUT2D eigenvalue weighted by molar-refractivity contribution is 0.349. The monoisotopic (exact) mass is 235 g/mol. The second-order valence-electron chi connectivity index (χ2n) is 5.35. The van der Waals surface area contributed by atoms with Crippen LogP contribution >= 0.6 is 0 Å². The Morgan fingerprint density at radius 1 is 1.35 bits per heavy atom. The molecule has 1 fully saturated rings. The van der Waals surface area contributed by atoms with Gasteiger partial charge >= 0.3 is 0 Å². The van der Waals surface area contributed by atoms with Gasteiger partial charge in [0.15, 0.2) is 11.5 Å². The van der Waals surface area contributed by atoms with E-state index in [-0.39, 0.29) is 17.2 Å². The summed E-state index contributed by atoms with van der Waals surface area (Å²) in [5, 5.41) is 10.2. The molecule has 17 heavy (non-hydrogen) atoms. The molecule has 1 aliphatic rings. The predicted octanol–water partition coefficient (Wildman–Crippen LogP) is 2.63. The van der Waals surface area contributed by atoms with E-state index in [1.165, 1.54) is 0 Å². The molecule has 1 saturated carbocycles. The number of rotatable bonds is 4. The standard InChI is InChI=1S/C14H21NO2/c1-9(2)12(14(15)7-8-14)10-5-4-6-11(17-3)13(10)16/h4-6,9,12,16H,7-8,15H2,1-3H3. The van der Waals surface area contributed by atoms with Gasteiger partial charge in [0.2, 0.25) is 0 Å². The third kappa shape index (κ3) is 2.12. The molecule has 3 nitrogen and oxygen atoms in total. The molecule has 94 valence electrons. The Labute approximate surface area is 103 Å². The molecule has 0 radical (unpaired) electrons. The van der Waals surface area contributed by atoms with E-state index in [0.29, 0.717) is 11.7 Å². The highest BCUT2D eigenvalue weighted by atomic mass is 16.5. The fourth-order valence-electron chi connectivity index (χ4n) is 2.74. The van der Waals surface area contributed by atoms with E-state index in [1.807, 2.05) is 12.1 Å². The van der Waals surface area contributed by atoms with Crippen LogP contribution in [0.1, 0.15) is 38.2 Å². The number of nitrogens with two attached hydrogens (primary N) is 1. The Morgan fingerprint density at radius 3 is 2.47 bits per heavy atom. The average molecular weight is 235 g/mol. The molecule has 0 heterocycles. The first kappa shape index (κ1) is 12.2. The van der Waals surface area contributed by atoms with Gasteiger partial charge in [0.1, 0.15) is 0 Å². The highest BCUT2D eigenvalue weighted by molar-refractivity contribution is 5.49. The van der Waals surface area contributed by atoms with Crippen LogP contribution in [0.5, 0.6) is 11.5 Å². The molecule has 0 saturated heterocycles. The van der Waals surface area contributed by atoms with Gasteiger partial charge in [-0.15, -0.1) is 0 Å². The van der Waals surface area contributed by atoms with Gasteiger partial charge in [-0.3, -0.25) is 0 Å². The Bertz CT molecular complexity index is 411. The summed E-state index contributed by atoms with van der Waals surface area (Å²) < 4.78 is 5.16. The average Bonchev–Trinajstić information content (AvgIpc) is 2.99. The molecule has 2 rings (SSSR count). The van der Waals surface area contributed by atoms with E-state index in [4.69, 9.17) is 10.5 Å². The van der Waals surface area contributed by atoms with Crippen molar-refractivity contribution in [2.24, 2.45) is 11.7 Å². The molecule has 1 aliphatic carbocycles. The van der Waals surface area contributed by atoms with E-state index in [1.54, 1.807) is 13.2 Å². The van der Waals surface area contributed by atoms with Crippen LogP contribution in [0.25, 0.3) is 0 Å². The van der Waals surface area contributed by atoms with Crippen LogP contribution in [0.2, 0.25) is 0 Å². The number of methoxy groups -OCH3 is 1.